The molecule has 0 amide bonds. The third kappa shape index (κ3) is 4.64. The molecule has 1 aliphatic carbocycles. The molecule has 2 aromatic rings. The average molecular weight is 419 g/mol. The molecule has 1 fully saturated rings. The lowest BCUT2D eigenvalue weighted by molar-refractivity contribution is -0.117. The van der Waals surface area contributed by atoms with Gasteiger partial charge in [-0.25, -0.2) is 4.79 Å². The summed E-state index contributed by atoms with van der Waals surface area (Å²) in [5.41, 5.74) is 5.25. The summed E-state index contributed by atoms with van der Waals surface area (Å²) in [5, 5.41) is 0. The van der Waals surface area contributed by atoms with Crippen LogP contribution in [0.25, 0.3) is 5.57 Å². The van der Waals surface area contributed by atoms with Gasteiger partial charge < -0.3 is 9.47 Å². The molecular formula is C27H30O4. The Balaban J connectivity index is 1.68. The molecule has 1 aliphatic heterocycles. The highest BCUT2D eigenvalue weighted by molar-refractivity contribution is 6.25. The molecule has 2 aliphatic rings. The number of allylic oxidation sites excluding steroid dienone is 2. The summed E-state index contributed by atoms with van der Waals surface area (Å²) in [6.07, 6.45) is 3.28. The number of carbonyl (C=O) groups is 2. The molecule has 31 heavy (non-hydrogen) atoms. The second-order valence-corrected chi connectivity index (χ2v) is 8.88. The molecule has 0 bridgehead atoms. The number of esters is 1. The Bertz CT molecular complexity index is 990. The van der Waals surface area contributed by atoms with Gasteiger partial charge in [0.25, 0.3) is 0 Å². The van der Waals surface area contributed by atoms with Gasteiger partial charge in [-0.2, -0.15) is 0 Å². The highest BCUT2D eigenvalue weighted by atomic mass is 16.5. The summed E-state index contributed by atoms with van der Waals surface area (Å²) in [6.45, 7) is 7.63. The largest absolute Gasteiger partial charge is 0.427 e. The van der Waals surface area contributed by atoms with Crippen LogP contribution in [0.15, 0.2) is 48.2 Å². The van der Waals surface area contributed by atoms with Crippen LogP contribution in [0, 0.1) is 32.6 Å². The van der Waals surface area contributed by atoms with Crippen molar-refractivity contribution in [3.05, 3.63) is 76.0 Å². The van der Waals surface area contributed by atoms with E-state index >= 15 is 0 Å². The zero-order valence-corrected chi connectivity index (χ0v) is 18.6. The third-order valence-electron chi connectivity index (χ3n) is 6.44. The Labute approximate surface area is 184 Å². The van der Waals surface area contributed by atoms with E-state index in [1.165, 1.54) is 0 Å². The maximum Gasteiger partial charge on any atom is 0.343 e. The summed E-state index contributed by atoms with van der Waals surface area (Å²) in [5.74, 6) is 0.559. The molecule has 1 heterocycles. The number of aryl methyl sites for hydroxylation is 3. The van der Waals surface area contributed by atoms with Crippen molar-refractivity contribution in [2.24, 2.45) is 11.8 Å². The molecule has 4 nitrogen and oxygen atoms in total. The first-order chi connectivity index (χ1) is 14.9. The summed E-state index contributed by atoms with van der Waals surface area (Å²) in [4.78, 5) is 26.4. The van der Waals surface area contributed by atoms with Crippen LogP contribution in [0.3, 0.4) is 0 Å². The summed E-state index contributed by atoms with van der Waals surface area (Å²) in [6, 6.07) is 13.1. The third-order valence-corrected chi connectivity index (χ3v) is 6.44. The molecule has 1 saturated heterocycles. The lowest BCUT2D eigenvalue weighted by Crippen LogP contribution is -2.21. The number of hydrogen-bond acceptors (Lipinski definition) is 4. The molecule has 1 unspecified atom stereocenters. The van der Waals surface area contributed by atoms with Crippen molar-refractivity contribution in [3.63, 3.8) is 0 Å². The van der Waals surface area contributed by atoms with Gasteiger partial charge in [0.05, 0.1) is 11.1 Å². The average Bonchev–Trinajstić information content (AvgIpc) is 3.04. The quantitative estimate of drug-likeness (QED) is 0.594. The van der Waals surface area contributed by atoms with E-state index in [1.807, 2.05) is 32.0 Å². The number of Topliss-reactive ketones (excluding diaryl/α,β-unsaturated/α-hetero) is 1. The highest BCUT2D eigenvalue weighted by Gasteiger charge is 2.38. The predicted octanol–water partition coefficient (Wildman–Crippen LogP) is 5.59. The minimum Gasteiger partial charge on any atom is -0.427 e. The number of hydrogen-bond donors (Lipinski definition) is 0. The first-order valence-electron chi connectivity index (χ1n) is 11.1. The number of ketones is 1. The molecule has 0 saturated carbocycles. The Morgan fingerprint density at radius 3 is 2.32 bits per heavy atom. The lowest BCUT2D eigenvalue weighted by Gasteiger charge is -2.24. The van der Waals surface area contributed by atoms with Gasteiger partial charge in [0.2, 0.25) is 0 Å². The topological polar surface area (TPSA) is 52.6 Å². The van der Waals surface area contributed by atoms with E-state index in [0.717, 1.165) is 54.7 Å². The van der Waals surface area contributed by atoms with E-state index in [2.05, 4.69) is 19.1 Å². The molecule has 0 radical (unpaired) electrons. The lowest BCUT2D eigenvalue weighted by atomic mass is 9.85. The first kappa shape index (κ1) is 21.5. The van der Waals surface area contributed by atoms with Gasteiger partial charge in [-0.05, 0) is 74.8 Å². The number of ether oxygens (including phenoxy) is 2. The van der Waals surface area contributed by atoms with Crippen molar-refractivity contribution in [2.45, 2.75) is 46.5 Å². The Kier molecular flexibility index (Phi) is 6.38. The molecule has 1 atom stereocenters. The van der Waals surface area contributed by atoms with Gasteiger partial charge in [0, 0.05) is 25.6 Å². The van der Waals surface area contributed by atoms with Crippen molar-refractivity contribution >= 4 is 17.3 Å². The van der Waals surface area contributed by atoms with Crippen molar-refractivity contribution in [2.75, 3.05) is 13.2 Å². The van der Waals surface area contributed by atoms with Gasteiger partial charge in [0.1, 0.15) is 5.76 Å². The molecular weight excluding hydrogens is 388 g/mol. The van der Waals surface area contributed by atoms with Crippen molar-refractivity contribution < 1.29 is 19.1 Å². The Morgan fingerprint density at radius 2 is 1.68 bits per heavy atom. The Hall–Kier alpha value is -2.72. The fraction of sp³-hybridized carbons (Fsp3) is 0.407. The zero-order valence-electron chi connectivity index (χ0n) is 18.6. The normalized spacial score (nSPS) is 19.7. The molecule has 4 rings (SSSR count). The van der Waals surface area contributed by atoms with Crippen molar-refractivity contribution in [3.8, 4) is 0 Å². The zero-order chi connectivity index (χ0) is 22.0. The van der Waals surface area contributed by atoms with E-state index in [9.17, 15) is 9.59 Å². The van der Waals surface area contributed by atoms with Crippen LogP contribution in [0.1, 0.15) is 58.3 Å². The number of rotatable bonds is 5. The van der Waals surface area contributed by atoms with Crippen LogP contribution in [0.2, 0.25) is 0 Å². The second kappa shape index (κ2) is 9.19. The molecule has 0 N–H and O–H groups in total. The van der Waals surface area contributed by atoms with E-state index in [0.29, 0.717) is 29.2 Å². The summed E-state index contributed by atoms with van der Waals surface area (Å²) >= 11 is 0. The van der Waals surface area contributed by atoms with Crippen LogP contribution in [0.4, 0.5) is 0 Å². The smallest absolute Gasteiger partial charge is 0.343 e. The standard InChI is InChI=1S/C27H30O4/c1-17-13-18(2)24(19(3)14-17)25-23(31-27(29)21-7-5-4-6-8-21)16-22(26(25)28)15-20-9-11-30-12-10-20/h4-8,13-14,20,22H,9-12,15-16H2,1-3H3. The van der Waals surface area contributed by atoms with Crippen LogP contribution in [-0.4, -0.2) is 25.0 Å². The van der Waals surface area contributed by atoms with Gasteiger partial charge in [-0.15, -0.1) is 0 Å². The van der Waals surface area contributed by atoms with E-state index in [-0.39, 0.29) is 11.7 Å². The van der Waals surface area contributed by atoms with Crippen molar-refractivity contribution in [1.82, 2.24) is 0 Å². The monoisotopic (exact) mass is 418 g/mol. The maximum atomic E-state index is 13.6. The molecule has 2 aromatic carbocycles. The van der Waals surface area contributed by atoms with Gasteiger partial charge in [0.15, 0.2) is 5.78 Å². The molecule has 162 valence electrons. The maximum absolute atomic E-state index is 13.6. The summed E-state index contributed by atoms with van der Waals surface area (Å²) < 4.78 is 11.4. The number of benzene rings is 2. The first-order valence-corrected chi connectivity index (χ1v) is 11.1. The fourth-order valence-corrected chi connectivity index (χ4v) is 5.01. The molecule has 4 heteroatoms. The van der Waals surface area contributed by atoms with E-state index in [4.69, 9.17) is 9.47 Å². The minimum absolute atomic E-state index is 0.109. The van der Waals surface area contributed by atoms with Gasteiger partial charge in [-0.3, -0.25) is 4.79 Å². The Morgan fingerprint density at radius 1 is 1.03 bits per heavy atom. The SMILES string of the molecule is Cc1cc(C)c(C2=C(OC(=O)c3ccccc3)CC(CC3CCOCC3)C2=O)c(C)c1. The van der Waals surface area contributed by atoms with Gasteiger partial charge >= 0.3 is 5.97 Å². The second-order valence-electron chi connectivity index (χ2n) is 8.88. The van der Waals surface area contributed by atoms with E-state index < -0.39 is 5.97 Å². The molecule has 0 spiro atoms. The fourth-order valence-electron chi connectivity index (χ4n) is 5.01. The minimum atomic E-state index is -0.407. The highest BCUT2D eigenvalue weighted by Crippen LogP contribution is 2.42. The predicted molar refractivity (Wildman–Crippen MR) is 121 cm³/mol. The van der Waals surface area contributed by atoms with Crippen LogP contribution in [-0.2, 0) is 14.3 Å². The van der Waals surface area contributed by atoms with Gasteiger partial charge in [-0.1, -0.05) is 35.9 Å². The van der Waals surface area contributed by atoms with Crippen LogP contribution in [0.5, 0.6) is 0 Å². The number of carbonyl (C=O) groups excluding carboxylic acids is 2. The van der Waals surface area contributed by atoms with Crippen LogP contribution >= 0.6 is 0 Å². The van der Waals surface area contributed by atoms with Crippen LogP contribution < -0.4 is 0 Å². The summed E-state index contributed by atoms with van der Waals surface area (Å²) in [7, 11) is 0. The van der Waals surface area contributed by atoms with E-state index in [1.54, 1.807) is 12.1 Å². The van der Waals surface area contributed by atoms with Crippen molar-refractivity contribution in [1.29, 1.82) is 0 Å². The molecule has 0 aromatic heterocycles.